The van der Waals surface area contributed by atoms with E-state index in [9.17, 15) is 10.2 Å². The molecule has 3 heterocycles. The third-order valence-electron chi connectivity index (χ3n) is 3.95. The molecular weight excluding hydrogens is 286 g/mol. The molecule has 1 aliphatic heterocycles. The summed E-state index contributed by atoms with van der Waals surface area (Å²) in [6.45, 7) is 0. The molecule has 0 spiro atoms. The summed E-state index contributed by atoms with van der Waals surface area (Å²) in [6, 6.07) is 0.434. The quantitative estimate of drug-likeness (QED) is 0.666. The van der Waals surface area contributed by atoms with Crippen LogP contribution in [0.15, 0.2) is 12.7 Å². The Hall–Kier alpha value is -2.21. The van der Waals surface area contributed by atoms with Gasteiger partial charge in [-0.3, -0.25) is 4.57 Å². The number of imidazole rings is 1. The SMILES string of the molecule is C#C[C@H]1O[C@@H](n2cnc3c(NC4CC4)ncnc32)[C@H](O)[C@@H]1O. The lowest BCUT2D eigenvalue weighted by Crippen LogP contribution is -2.30. The van der Waals surface area contributed by atoms with Crippen LogP contribution in [0.1, 0.15) is 19.1 Å². The normalized spacial score (nSPS) is 31.3. The van der Waals surface area contributed by atoms with Gasteiger partial charge in [0.1, 0.15) is 24.6 Å². The largest absolute Gasteiger partial charge is 0.386 e. The molecule has 22 heavy (non-hydrogen) atoms. The number of aliphatic hydroxyl groups is 2. The Balaban J connectivity index is 1.72. The lowest BCUT2D eigenvalue weighted by molar-refractivity contribution is -0.0230. The first-order valence-corrected chi connectivity index (χ1v) is 7.11. The van der Waals surface area contributed by atoms with Gasteiger partial charge in [-0.1, -0.05) is 5.92 Å². The maximum absolute atomic E-state index is 10.1. The summed E-state index contributed by atoms with van der Waals surface area (Å²) >= 11 is 0. The molecule has 1 aliphatic carbocycles. The molecule has 3 N–H and O–H groups in total. The van der Waals surface area contributed by atoms with Gasteiger partial charge in [0, 0.05) is 6.04 Å². The fourth-order valence-electron chi connectivity index (χ4n) is 2.59. The zero-order chi connectivity index (χ0) is 15.3. The first-order chi connectivity index (χ1) is 10.7. The molecule has 2 aromatic heterocycles. The van der Waals surface area contributed by atoms with Crippen LogP contribution in [-0.2, 0) is 4.74 Å². The van der Waals surface area contributed by atoms with Crippen molar-refractivity contribution in [3.05, 3.63) is 12.7 Å². The van der Waals surface area contributed by atoms with Gasteiger partial charge >= 0.3 is 0 Å². The molecule has 1 saturated carbocycles. The monoisotopic (exact) mass is 301 g/mol. The van der Waals surface area contributed by atoms with Crippen LogP contribution in [0, 0.1) is 12.3 Å². The number of terminal acetylenes is 1. The lowest BCUT2D eigenvalue weighted by atomic mass is 10.1. The maximum Gasteiger partial charge on any atom is 0.167 e. The minimum atomic E-state index is -1.15. The Morgan fingerprint density at radius 3 is 2.77 bits per heavy atom. The minimum absolute atomic E-state index is 0.434. The number of nitrogens with zero attached hydrogens (tertiary/aromatic N) is 4. The highest BCUT2D eigenvalue weighted by atomic mass is 16.6. The average Bonchev–Trinajstić information content (AvgIpc) is 3.16. The third kappa shape index (κ3) is 2.02. The highest BCUT2D eigenvalue weighted by Gasteiger charge is 2.43. The Labute approximate surface area is 126 Å². The Bertz CT molecular complexity index is 751. The van der Waals surface area contributed by atoms with Crippen LogP contribution < -0.4 is 5.32 Å². The second kappa shape index (κ2) is 4.91. The molecule has 0 radical (unpaired) electrons. The predicted molar refractivity (Wildman–Crippen MR) is 76.7 cm³/mol. The van der Waals surface area contributed by atoms with E-state index in [0.717, 1.165) is 12.8 Å². The summed E-state index contributed by atoms with van der Waals surface area (Å²) < 4.78 is 7.10. The molecule has 2 aromatic rings. The van der Waals surface area contributed by atoms with E-state index in [1.807, 2.05) is 0 Å². The summed E-state index contributed by atoms with van der Waals surface area (Å²) in [5.74, 6) is 2.98. The van der Waals surface area contributed by atoms with Crippen molar-refractivity contribution in [1.29, 1.82) is 0 Å². The standard InChI is InChI=1S/C14H15N5O3/c1-2-8-10(20)11(21)14(22-8)19-6-17-9-12(18-7-3-4-7)15-5-16-13(9)19/h1,5-8,10-11,14,20-21H,3-4H2,(H,15,16,18)/t8-,10-,11-,14-/m1/s1. The summed E-state index contributed by atoms with van der Waals surface area (Å²) in [7, 11) is 0. The number of hydrogen-bond donors (Lipinski definition) is 3. The van der Waals surface area contributed by atoms with Gasteiger partial charge in [-0.05, 0) is 12.8 Å². The molecule has 0 bridgehead atoms. The van der Waals surface area contributed by atoms with E-state index >= 15 is 0 Å². The first kappa shape index (κ1) is 13.5. The van der Waals surface area contributed by atoms with Gasteiger partial charge in [-0.2, -0.15) is 0 Å². The average molecular weight is 301 g/mol. The first-order valence-electron chi connectivity index (χ1n) is 7.11. The van der Waals surface area contributed by atoms with E-state index in [1.54, 1.807) is 4.57 Å². The molecule has 4 atom stereocenters. The van der Waals surface area contributed by atoms with Gasteiger partial charge in [-0.15, -0.1) is 6.42 Å². The molecule has 0 amide bonds. The molecule has 2 fully saturated rings. The molecule has 114 valence electrons. The molecule has 4 rings (SSSR count). The molecule has 0 aromatic carbocycles. The van der Waals surface area contributed by atoms with Crippen LogP contribution in [0.3, 0.4) is 0 Å². The second-order valence-electron chi connectivity index (χ2n) is 5.56. The number of aromatic nitrogens is 4. The highest BCUT2D eigenvalue weighted by Crippen LogP contribution is 2.32. The van der Waals surface area contributed by atoms with Gasteiger partial charge in [0.2, 0.25) is 0 Å². The van der Waals surface area contributed by atoms with Crippen LogP contribution in [0.5, 0.6) is 0 Å². The topological polar surface area (TPSA) is 105 Å². The Morgan fingerprint density at radius 2 is 2.09 bits per heavy atom. The zero-order valence-corrected chi connectivity index (χ0v) is 11.6. The number of rotatable bonds is 3. The lowest BCUT2D eigenvalue weighted by Gasteiger charge is -2.16. The van der Waals surface area contributed by atoms with Crippen LogP contribution in [0.4, 0.5) is 5.82 Å². The second-order valence-corrected chi connectivity index (χ2v) is 5.56. The summed E-state index contributed by atoms with van der Waals surface area (Å²) in [5.41, 5.74) is 1.12. The van der Waals surface area contributed by atoms with Crippen molar-refractivity contribution < 1.29 is 14.9 Å². The number of nitrogens with one attached hydrogen (secondary N) is 1. The molecule has 1 saturated heterocycles. The summed E-state index contributed by atoms with van der Waals surface area (Å²) in [4.78, 5) is 12.7. The van der Waals surface area contributed by atoms with Crippen molar-refractivity contribution in [1.82, 2.24) is 19.5 Å². The van der Waals surface area contributed by atoms with Gasteiger partial charge < -0.3 is 20.3 Å². The molecule has 8 heteroatoms. The molecule has 0 unspecified atom stereocenters. The number of fused-ring (bicyclic) bond motifs is 1. The summed E-state index contributed by atoms with van der Waals surface area (Å²) in [5, 5.41) is 23.3. The third-order valence-corrected chi connectivity index (χ3v) is 3.95. The van der Waals surface area contributed by atoms with Crippen LogP contribution in [0.2, 0.25) is 0 Å². The van der Waals surface area contributed by atoms with Crippen LogP contribution in [0.25, 0.3) is 11.2 Å². The summed E-state index contributed by atoms with van der Waals surface area (Å²) in [6.07, 6.45) is 6.50. The minimum Gasteiger partial charge on any atom is -0.386 e. The van der Waals surface area contributed by atoms with Crippen molar-refractivity contribution in [3.63, 3.8) is 0 Å². The van der Waals surface area contributed by atoms with E-state index in [0.29, 0.717) is 23.0 Å². The fraction of sp³-hybridized carbons (Fsp3) is 0.500. The van der Waals surface area contributed by atoms with Crippen LogP contribution in [-0.4, -0.2) is 54.1 Å². The van der Waals surface area contributed by atoms with Crippen molar-refractivity contribution in [2.45, 2.75) is 43.4 Å². The van der Waals surface area contributed by atoms with Crippen molar-refractivity contribution in [3.8, 4) is 12.3 Å². The van der Waals surface area contributed by atoms with Crippen molar-refractivity contribution in [2.24, 2.45) is 0 Å². The maximum atomic E-state index is 10.1. The van der Waals surface area contributed by atoms with E-state index in [4.69, 9.17) is 11.2 Å². The zero-order valence-electron chi connectivity index (χ0n) is 11.6. The van der Waals surface area contributed by atoms with E-state index in [-0.39, 0.29) is 0 Å². The van der Waals surface area contributed by atoms with Gasteiger partial charge in [0.25, 0.3) is 0 Å². The number of ether oxygens (including phenoxy) is 1. The van der Waals surface area contributed by atoms with Crippen molar-refractivity contribution >= 4 is 17.0 Å². The Morgan fingerprint density at radius 1 is 1.27 bits per heavy atom. The van der Waals surface area contributed by atoms with Gasteiger partial charge in [0.15, 0.2) is 23.2 Å². The smallest absolute Gasteiger partial charge is 0.167 e. The van der Waals surface area contributed by atoms with E-state index in [1.165, 1.54) is 12.7 Å². The molecular formula is C14H15N5O3. The Kier molecular flexibility index (Phi) is 3.00. The highest BCUT2D eigenvalue weighted by molar-refractivity contribution is 5.83. The number of aliphatic hydroxyl groups excluding tert-OH is 2. The van der Waals surface area contributed by atoms with E-state index < -0.39 is 24.5 Å². The number of anilines is 1. The predicted octanol–water partition coefficient (Wildman–Crippen LogP) is -0.347. The number of hydrogen-bond acceptors (Lipinski definition) is 7. The van der Waals surface area contributed by atoms with Crippen molar-refractivity contribution in [2.75, 3.05) is 5.32 Å². The fourth-order valence-corrected chi connectivity index (χ4v) is 2.59. The van der Waals surface area contributed by atoms with Crippen LogP contribution >= 0.6 is 0 Å². The molecule has 8 nitrogen and oxygen atoms in total. The van der Waals surface area contributed by atoms with E-state index in [2.05, 4.69) is 26.2 Å². The van der Waals surface area contributed by atoms with Gasteiger partial charge in [-0.25, -0.2) is 15.0 Å². The molecule has 2 aliphatic rings. The van der Waals surface area contributed by atoms with Gasteiger partial charge in [0.05, 0.1) is 6.33 Å².